The average Bonchev–Trinajstić information content (AvgIpc) is 3.21. The van der Waals surface area contributed by atoms with E-state index < -0.39 is 18.0 Å². The molecule has 0 saturated heterocycles. The number of anilines is 1. The van der Waals surface area contributed by atoms with Gasteiger partial charge in [-0.1, -0.05) is 58.4 Å². The van der Waals surface area contributed by atoms with Gasteiger partial charge in [-0.2, -0.15) is 5.26 Å². The fourth-order valence-corrected chi connectivity index (χ4v) is 3.60. The number of methoxy groups -OCH3 is 2. The highest BCUT2D eigenvalue weighted by Gasteiger charge is 2.22. The lowest BCUT2D eigenvalue weighted by Gasteiger charge is -2.11. The molecule has 1 atom stereocenters. The summed E-state index contributed by atoms with van der Waals surface area (Å²) in [7, 11) is 2.46. The Bertz CT molecular complexity index is 1210. The first kappa shape index (κ1) is 24.7. The monoisotopic (exact) mass is 522 g/mol. The molecule has 34 heavy (non-hydrogen) atoms. The van der Waals surface area contributed by atoms with Gasteiger partial charge in [0, 0.05) is 22.8 Å². The minimum Gasteiger partial charge on any atom is -0.469 e. The summed E-state index contributed by atoms with van der Waals surface area (Å²) in [6.07, 6.45) is 2.94. The fourth-order valence-electron chi connectivity index (χ4n) is 3.33. The van der Waals surface area contributed by atoms with E-state index in [4.69, 9.17) is 4.74 Å². The van der Waals surface area contributed by atoms with Gasteiger partial charge in [-0.15, -0.1) is 0 Å². The Morgan fingerprint density at radius 3 is 2.47 bits per heavy atom. The Balaban J connectivity index is 1.98. The average molecular weight is 523 g/mol. The van der Waals surface area contributed by atoms with Gasteiger partial charge in [0.2, 0.25) is 0 Å². The predicted molar refractivity (Wildman–Crippen MR) is 132 cm³/mol. The maximum Gasteiger partial charge on any atom is 0.331 e. The third-order valence-corrected chi connectivity index (χ3v) is 5.59. The van der Waals surface area contributed by atoms with E-state index in [0.717, 1.165) is 21.2 Å². The summed E-state index contributed by atoms with van der Waals surface area (Å²) in [5, 5.41) is 13.0. The van der Waals surface area contributed by atoms with Crippen LogP contribution in [0.3, 0.4) is 0 Å². The Labute approximate surface area is 206 Å². The van der Waals surface area contributed by atoms with E-state index in [2.05, 4.69) is 37.0 Å². The first-order chi connectivity index (χ1) is 16.5. The normalized spacial score (nSPS) is 11.6. The van der Waals surface area contributed by atoms with Crippen molar-refractivity contribution in [1.29, 1.82) is 5.26 Å². The number of nitriles is 1. The summed E-state index contributed by atoms with van der Waals surface area (Å²) in [6.45, 7) is 0.494. The van der Waals surface area contributed by atoms with Crippen LogP contribution in [0.1, 0.15) is 17.5 Å². The maximum atomic E-state index is 12.0. The van der Waals surface area contributed by atoms with E-state index in [9.17, 15) is 14.9 Å². The van der Waals surface area contributed by atoms with Gasteiger partial charge in [-0.25, -0.2) is 4.79 Å². The number of aliphatic imine (C=N–C) groups is 1. The summed E-state index contributed by atoms with van der Waals surface area (Å²) in [6, 6.07) is 18.7. The SMILES string of the molecule is COC(=O)CC(N=CNc1c(C#N)c(-c2ccccc2)cn1Cc1ccc(Br)cc1)C(=O)OC. The summed E-state index contributed by atoms with van der Waals surface area (Å²) in [5.41, 5.74) is 3.11. The first-order valence-corrected chi connectivity index (χ1v) is 11.1. The quantitative estimate of drug-likeness (QED) is 0.254. The smallest absolute Gasteiger partial charge is 0.331 e. The maximum absolute atomic E-state index is 12.0. The van der Waals surface area contributed by atoms with Gasteiger partial charge in [-0.3, -0.25) is 9.79 Å². The molecule has 2 aromatic carbocycles. The van der Waals surface area contributed by atoms with Crippen molar-refractivity contribution in [2.45, 2.75) is 19.0 Å². The van der Waals surface area contributed by atoms with Crippen LogP contribution >= 0.6 is 15.9 Å². The van der Waals surface area contributed by atoms with E-state index in [1.54, 1.807) is 0 Å². The number of carbonyl (C=O) groups excluding carboxylic acids is 2. The number of nitrogens with zero attached hydrogens (tertiary/aromatic N) is 3. The van der Waals surface area contributed by atoms with E-state index in [-0.39, 0.29) is 6.42 Å². The number of esters is 2. The Morgan fingerprint density at radius 1 is 1.15 bits per heavy atom. The van der Waals surface area contributed by atoms with E-state index in [1.807, 2.05) is 65.4 Å². The van der Waals surface area contributed by atoms with E-state index >= 15 is 0 Å². The molecule has 3 rings (SSSR count). The molecule has 9 heteroatoms. The molecule has 0 bridgehead atoms. The number of carbonyl (C=O) groups is 2. The number of hydrogen-bond donors (Lipinski definition) is 1. The molecule has 1 unspecified atom stereocenters. The zero-order chi connectivity index (χ0) is 24.5. The molecule has 0 aliphatic rings. The van der Waals surface area contributed by atoms with Gasteiger partial charge >= 0.3 is 11.9 Å². The zero-order valence-corrected chi connectivity index (χ0v) is 20.3. The van der Waals surface area contributed by atoms with E-state index in [1.165, 1.54) is 20.6 Å². The topological polar surface area (TPSA) is 106 Å². The van der Waals surface area contributed by atoms with Crippen LogP contribution in [0.15, 0.2) is 70.3 Å². The second kappa shape index (κ2) is 11.8. The van der Waals surface area contributed by atoms with Gasteiger partial charge in [0.25, 0.3) is 0 Å². The molecule has 1 N–H and O–H groups in total. The highest BCUT2D eigenvalue weighted by molar-refractivity contribution is 9.10. The highest BCUT2D eigenvalue weighted by Crippen LogP contribution is 2.31. The van der Waals surface area contributed by atoms with Gasteiger partial charge in [0.05, 0.1) is 27.0 Å². The Hall–Kier alpha value is -3.90. The standard InChI is InChI=1S/C25H23BrN4O4/c1-33-23(31)12-22(25(32)34-2)28-16-29-24-20(13-27)21(18-6-4-3-5-7-18)15-30(24)14-17-8-10-19(26)11-9-17/h3-11,15-16,22H,12,14H2,1-2H3,(H,28,29). The van der Waals surface area contributed by atoms with Gasteiger partial charge in [0.15, 0.2) is 6.04 Å². The van der Waals surface area contributed by atoms with Crippen LogP contribution in [-0.2, 0) is 25.6 Å². The van der Waals surface area contributed by atoms with Crippen LogP contribution in [0.5, 0.6) is 0 Å². The Morgan fingerprint density at radius 2 is 1.85 bits per heavy atom. The number of ether oxygens (including phenoxy) is 2. The second-order valence-electron chi connectivity index (χ2n) is 7.24. The molecular weight excluding hydrogens is 500 g/mol. The third kappa shape index (κ3) is 6.11. The van der Waals surface area contributed by atoms with Crippen LogP contribution in [0.25, 0.3) is 11.1 Å². The Kier molecular flexibility index (Phi) is 8.60. The van der Waals surface area contributed by atoms with Crippen molar-refractivity contribution in [2.24, 2.45) is 4.99 Å². The third-order valence-electron chi connectivity index (χ3n) is 5.06. The van der Waals surface area contributed by atoms with Crippen LogP contribution in [0.2, 0.25) is 0 Å². The number of nitrogens with one attached hydrogen (secondary N) is 1. The van der Waals surface area contributed by atoms with Gasteiger partial charge in [0.1, 0.15) is 17.5 Å². The lowest BCUT2D eigenvalue weighted by molar-refractivity contribution is -0.148. The molecule has 0 radical (unpaired) electrons. The summed E-state index contributed by atoms with van der Waals surface area (Å²) >= 11 is 3.44. The van der Waals surface area contributed by atoms with Crippen molar-refractivity contribution in [1.82, 2.24) is 4.57 Å². The van der Waals surface area contributed by atoms with Crippen molar-refractivity contribution < 1.29 is 19.1 Å². The molecule has 0 spiro atoms. The number of halogens is 1. The van der Waals surface area contributed by atoms with Crippen molar-refractivity contribution in [3.8, 4) is 17.2 Å². The summed E-state index contributed by atoms with van der Waals surface area (Å²) in [4.78, 5) is 27.8. The van der Waals surface area contributed by atoms with E-state index in [0.29, 0.717) is 17.9 Å². The van der Waals surface area contributed by atoms with Gasteiger partial charge < -0.3 is 19.4 Å². The molecule has 3 aromatic rings. The van der Waals surface area contributed by atoms with Crippen molar-refractivity contribution in [2.75, 3.05) is 19.5 Å². The minimum atomic E-state index is -1.07. The van der Waals surface area contributed by atoms with Crippen LogP contribution in [-0.4, -0.2) is 43.1 Å². The molecule has 0 aliphatic heterocycles. The number of benzene rings is 2. The minimum absolute atomic E-state index is 0.262. The lowest BCUT2D eigenvalue weighted by Crippen LogP contribution is -2.25. The van der Waals surface area contributed by atoms with Gasteiger partial charge in [-0.05, 0) is 23.3 Å². The number of hydrogen-bond acceptors (Lipinski definition) is 6. The second-order valence-corrected chi connectivity index (χ2v) is 8.16. The molecule has 1 aromatic heterocycles. The molecule has 1 heterocycles. The van der Waals surface area contributed by atoms with Crippen molar-refractivity contribution >= 4 is 40.0 Å². The molecule has 0 fully saturated rings. The zero-order valence-electron chi connectivity index (χ0n) is 18.7. The molecule has 0 aliphatic carbocycles. The van der Waals surface area contributed by atoms with Crippen LogP contribution in [0.4, 0.5) is 5.82 Å². The predicted octanol–water partition coefficient (Wildman–Crippen LogP) is 4.38. The highest BCUT2D eigenvalue weighted by atomic mass is 79.9. The molecular formula is C25H23BrN4O4. The first-order valence-electron chi connectivity index (χ1n) is 10.3. The molecule has 0 saturated carbocycles. The van der Waals surface area contributed by atoms with Crippen molar-refractivity contribution in [3.63, 3.8) is 0 Å². The molecule has 174 valence electrons. The van der Waals surface area contributed by atoms with Crippen molar-refractivity contribution in [3.05, 3.63) is 76.4 Å². The summed E-state index contributed by atoms with van der Waals surface area (Å²) in [5.74, 6) is -0.746. The fraction of sp³-hybridized carbons (Fsp3) is 0.200. The number of rotatable bonds is 9. The molecule has 8 nitrogen and oxygen atoms in total. The number of aromatic nitrogens is 1. The molecule has 0 amide bonds. The summed E-state index contributed by atoms with van der Waals surface area (Å²) < 4.78 is 12.2. The lowest BCUT2D eigenvalue weighted by atomic mass is 10.1. The van der Waals surface area contributed by atoms with Crippen LogP contribution < -0.4 is 5.32 Å². The van der Waals surface area contributed by atoms with Crippen LogP contribution in [0, 0.1) is 11.3 Å². The largest absolute Gasteiger partial charge is 0.469 e.